The molecule has 1 rings (SSSR count). The van der Waals surface area contributed by atoms with Gasteiger partial charge in [-0.25, -0.2) is 5.84 Å². The van der Waals surface area contributed by atoms with E-state index in [0.717, 1.165) is 19.3 Å². The minimum atomic E-state index is -1.27. The predicted octanol–water partition coefficient (Wildman–Crippen LogP) is 0.0114. The van der Waals surface area contributed by atoms with Crippen molar-refractivity contribution in [2.45, 2.75) is 32.1 Å². The minimum Gasteiger partial charge on any atom is -0.480 e. The molecule has 0 aromatic rings. The number of amides is 1. The Labute approximate surface area is 76.3 Å². The second-order valence-electron chi connectivity index (χ2n) is 3.42. The fourth-order valence-corrected chi connectivity index (χ4v) is 1.83. The molecule has 1 fully saturated rings. The number of carbonyl (C=O) groups excluding carboxylic acids is 1. The van der Waals surface area contributed by atoms with Crippen molar-refractivity contribution < 1.29 is 14.7 Å². The number of hydrogen-bond donors (Lipinski definition) is 3. The van der Waals surface area contributed by atoms with Gasteiger partial charge in [0.15, 0.2) is 0 Å². The van der Waals surface area contributed by atoms with Crippen LogP contribution in [0.2, 0.25) is 0 Å². The maximum Gasteiger partial charge on any atom is 0.319 e. The Kier molecular flexibility index (Phi) is 2.87. The fraction of sp³-hybridized carbons (Fsp3) is 0.750. The lowest BCUT2D eigenvalue weighted by Crippen LogP contribution is -2.50. The largest absolute Gasteiger partial charge is 0.480 e. The molecule has 4 N–H and O–H groups in total. The standard InChI is InChI=1S/C8H14N2O3/c9-10-6(11)8(7(12)13)4-2-1-3-5-8/h1-5,9H2,(H,10,11)(H,12,13). The SMILES string of the molecule is NNC(=O)C1(C(=O)O)CCCCC1. The van der Waals surface area contributed by atoms with Crippen molar-refractivity contribution in [1.29, 1.82) is 0 Å². The summed E-state index contributed by atoms with van der Waals surface area (Å²) in [5.74, 6) is 3.33. The summed E-state index contributed by atoms with van der Waals surface area (Å²) in [6.07, 6.45) is 3.34. The lowest BCUT2D eigenvalue weighted by molar-refractivity contribution is -0.158. The van der Waals surface area contributed by atoms with Crippen molar-refractivity contribution in [2.24, 2.45) is 11.3 Å². The zero-order valence-corrected chi connectivity index (χ0v) is 7.38. The summed E-state index contributed by atoms with van der Waals surface area (Å²) in [5, 5.41) is 8.97. The number of rotatable bonds is 2. The number of carbonyl (C=O) groups is 2. The molecule has 0 atom stereocenters. The topological polar surface area (TPSA) is 92.4 Å². The van der Waals surface area contributed by atoms with Crippen molar-refractivity contribution in [3.63, 3.8) is 0 Å². The van der Waals surface area contributed by atoms with Crippen molar-refractivity contribution in [1.82, 2.24) is 5.43 Å². The summed E-state index contributed by atoms with van der Waals surface area (Å²) in [5.41, 5.74) is 0.666. The molecule has 5 nitrogen and oxygen atoms in total. The van der Waals surface area contributed by atoms with Gasteiger partial charge >= 0.3 is 5.97 Å². The summed E-state index contributed by atoms with van der Waals surface area (Å²) in [6.45, 7) is 0. The van der Waals surface area contributed by atoms with E-state index in [4.69, 9.17) is 10.9 Å². The highest BCUT2D eigenvalue weighted by molar-refractivity contribution is 6.01. The molecule has 1 aliphatic carbocycles. The van der Waals surface area contributed by atoms with Crippen LogP contribution in [-0.4, -0.2) is 17.0 Å². The molecule has 0 heterocycles. The van der Waals surface area contributed by atoms with E-state index in [1.54, 1.807) is 0 Å². The summed E-state index contributed by atoms with van der Waals surface area (Å²) >= 11 is 0. The molecule has 5 heteroatoms. The Bertz CT molecular complexity index is 221. The molecule has 0 bridgehead atoms. The molecule has 0 unspecified atom stereocenters. The van der Waals surface area contributed by atoms with E-state index in [9.17, 15) is 9.59 Å². The Morgan fingerprint density at radius 2 is 1.77 bits per heavy atom. The first-order chi connectivity index (χ1) is 6.13. The molecule has 74 valence electrons. The van der Waals surface area contributed by atoms with Crippen molar-refractivity contribution >= 4 is 11.9 Å². The lowest BCUT2D eigenvalue weighted by atomic mass is 9.73. The van der Waals surface area contributed by atoms with Gasteiger partial charge in [-0.15, -0.1) is 0 Å². The molecular weight excluding hydrogens is 172 g/mol. The highest BCUT2D eigenvalue weighted by Crippen LogP contribution is 2.36. The van der Waals surface area contributed by atoms with Crippen molar-refractivity contribution in [3.05, 3.63) is 0 Å². The van der Waals surface area contributed by atoms with E-state index in [1.807, 2.05) is 5.43 Å². The van der Waals surface area contributed by atoms with E-state index in [1.165, 1.54) is 0 Å². The number of nitrogens with two attached hydrogens (primary N) is 1. The van der Waals surface area contributed by atoms with Crippen LogP contribution >= 0.6 is 0 Å². The van der Waals surface area contributed by atoms with Crippen molar-refractivity contribution in [3.8, 4) is 0 Å². The van der Waals surface area contributed by atoms with E-state index >= 15 is 0 Å². The van der Waals surface area contributed by atoms with E-state index < -0.39 is 17.3 Å². The molecule has 0 aromatic heterocycles. The number of hydrazine groups is 1. The molecule has 1 amide bonds. The summed E-state index contributed by atoms with van der Waals surface area (Å²) in [6, 6.07) is 0. The molecule has 0 aromatic carbocycles. The Morgan fingerprint density at radius 3 is 2.15 bits per heavy atom. The average molecular weight is 186 g/mol. The minimum absolute atomic E-state index is 0.394. The van der Waals surface area contributed by atoms with Crippen molar-refractivity contribution in [2.75, 3.05) is 0 Å². The van der Waals surface area contributed by atoms with Gasteiger partial charge in [0.1, 0.15) is 5.41 Å². The first kappa shape index (κ1) is 9.98. The molecule has 0 saturated heterocycles. The summed E-state index contributed by atoms with van der Waals surface area (Å²) < 4.78 is 0. The van der Waals surface area contributed by atoms with E-state index in [2.05, 4.69) is 0 Å². The highest BCUT2D eigenvalue weighted by Gasteiger charge is 2.46. The average Bonchev–Trinajstić information content (AvgIpc) is 2.17. The first-order valence-electron chi connectivity index (χ1n) is 4.38. The second kappa shape index (κ2) is 3.74. The number of carboxylic acids is 1. The van der Waals surface area contributed by atoms with Gasteiger partial charge < -0.3 is 5.11 Å². The van der Waals surface area contributed by atoms with Gasteiger partial charge in [0.25, 0.3) is 5.91 Å². The molecule has 0 radical (unpaired) electrons. The molecular formula is C8H14N2O3. The zero-order valence-electron chi connectivity index (χ0n) is 7.38. The monoisotopic (exact) mass is 186 g/mol. The Hall–Kier alpha value is -1.10. The molecule has 0 aliphatic heterocycles. The van der Waals surface area contributed by atoms with E-state index in [0.29, 0.717) is 12.8 Å². The fourth-order valence-electron chi connectivity index (χ4n) is 1.83. The van der Waals surface area contributed by atoms with Crippen LogP contribution in [0, 0.1) is 5.41 Å². The Morgan fingerprint density at radius 1 is 1.23 bits per heavy atom. The van der Waals surface area contributed by atoms with Gasteiger partial charge in [-0.2, -0.15) is 0 Å². The predicted molar refractivity (Wildman–Crippen MR) is 45.5 cm³/mol. The van der Waals surface area contributed by atoms with Gasteiger partial charge in [-0.1, -0.05) is 19.3 Å². The van der Waals surface area contributed by atoms with Crippen LogP contribution < -0.4 is 11.3 Å². The molecule has 13 heavy (non-hydrogen) atoms. The quantitative estimate of drug-likeness (QED) is 0.245. The van der Waals surface area contributed by atoms with Crippen LogP contribution in [0.25, 0.3) is 0 Å². The summed E-state index contributed by atoms with van der Waals surface area (Å²) in [4.78, 5) is 22.3. The third-order valence-electron chi connectivity index (χ3n) is 2.68. The third kappa shape index (κ3) is 1.65. The third-order valence-corrected chi connectivity index (χ3v) is 2.68. The maximum atomic E-state index is 11.3. The maximum absolute atomic E-state index is 11.3. The number of carboxylic acid groups (broad SMARTS) is 1. The Balaban J connectivity index is 2.85. The highest BCUT2D eigenvalue weighted by atomic mass is 16.4. The van der Waals surface area contributed by atoms with Gasteiger partial charge in [0.2, 0.25) is 0 Å². The number of hydrogen-bond acceptors (Lipinski definition) is 3. The lowest BCUT2D eigenvalue weighted by Gasteiger charge is -2.30. The van der Waals surface area contributed by atoms with Gasteiger partial charge in [0.05, 0.1) is 0 Å². The zero-order chi connectivity index (χ0) is 9.90. The summed E-state index contributed by atoms with van der Waals surface area (Å²) in [7, 11) is 0. The van der Waals surface area contributed by atoms with Crippen LogP contribution in [0.4, 0.5) is 0 Å². The van der Waals surface area contributed by atoms with Gasteiger partial charge in [-0.3, -0.25) is 15.0 Å². The molecule has 1 aliphatic rings. The van der Waals surface area contributed by atoms with Crippen LogP contribution in [0.5, 0.6) is 0 Å². The number of aliphatic carboxylic acids is 1. The van der Waals surface area contributed by atoms with Gasteiger partial charge in [-0.05, 0) is 12.8 Å². The molecule has 1 saturated carbocycles. The van der Waals surface area contributed by atoms with Crippen LogP contribution in [0.3, 0.4) is 0 Å². The van der Waals surface area contributed by atoms with Gasteiger partial charge in [0, 0.05) is 0 Å². The normalized spacial score (nSPS) is 20.7. The number of nitrogens with one attached hydrogen (secondary N) is 1. The first-order valence-corrected chi connectivity index (χ1v) is 4.38. The molecule has 0 spiro atoms. The second-order valence-corrected chi connectivity index (χ2v) is 3.42. The van der Waals surface area contributed by atoms with Crippen LogP contribution in [-0.2, 0) is 9.59 Å². The van der Waals surface area contributed by atoms with E-state index in [-0.39, 0.29) is 0 Å². The van der Waals surface area contributed by atoms with Crippen LogP contribution in [0.15, 0.2) is 0 Å². The van der Waals surface area contributed by atoms with Crippen LogP contribution in [0.1, 0.15) is 32.1 Å². The smallest absolute Gasteiger partial charge is 0.319 e.